The lowest BCUT2D eigenvalue weighted by Gasteiger charge is -2.03. The minimum absolute atomic E-state index is 0.215. The number of hydrogen-bond donors (Lipinski definition) is 1. The molecule has 0 bridgehead atoms. The summed E-state index contributed by atoms with van der Waals surface area (Å²) >= 11 is 0. The van der Waals surface area contributed by atoms with Gasteiger partial charge in [-0.3, -0.25) is 4.79 Å². The lowest BCUT2D eigenvalue weighted by molar-refractivity contribution is 0.0600. The highest BCUT2D eigenvalue weighted by atomic mass is 16.5. The molecule has 0 unspecified atom stereocenters. The highest BCUT2D eigenvalue weighted by Gasteiger charge is 2.07. The molecule has 0 saturated carbocycles. The molecule has 0 aromatic heterocycles. The summed E-state index contributed by atoms with van der Waals surface area (Å²) in [7, 11) is 1.31. The fourth-order valence-electron chi connectivity index (χ4n) is 1.19. The van der Waals surface area contributed by atoms with Gasteiger partial charge in [0.05, 0.1) is 12.7 Å². The molecule has 0 radical (unpaired) electrons. The largest absolute Gasteiger partial charge is 0.465 e. The third-order valence-electron chi connectivity index (χ3n) is 2.08. The van der Waals surface area contributed by atoms with E-state index in [9.17, 15) is 9.59 Å². The Morgan fingerprint density at radius 3 is 2.47 bits per heavy atom. The Hall–Kier alpha value is -2.32. The number of carbonyl (C=O) groups is 2. The number of esters is 1. The molecule has 0 saturated heterocycles. The van der Waals surface area contributed by atoms with E-state index in [-0.39, 0.29) is 5.91 Å². The van der Waals surface area contributed by atoms with E-state index >= 15 is 0 Å². The molecule has 88 valence electrons. The average Bonchev–Trinajstić information content (AvgIpc) is 2.38. The van der Waals surface area contributed by atoms with Gasteiger partial charge in [-0.25, -0.2) is 4.79 Å². The van der Waals surface area contributed by atoms with E-state index in [1.807, 2.05) is 0 Å². The molecule has 0 spiro atoms. The molecule has 0 aliphatic heterocycles. The Morgan fingerprint density at radius 1 is 1.35 bits per heavy atom. The summed E-state index contributed by atoms with van der Waals surface area (Å²) in [6.45, 7) is 3.76. The van der Waals surface area contributed by atoms with Crippen molar-refractivity contribution in [1.82, 2.24) is 5.32 Å². The number of ether oxygens (including phenoxy) is 1. The highest BCUT2D eigenvalue weighted by Crippen LogP contribution is 2.05. The van der Waals surface area contributed by atoms with Crippen LogP contribution in [0.15, 0.2) is 42.7 Å². The van der Waals surface area contributed by atoms with Crippen molar-refractivity contribution < 1.29 is 14.3 Å². The first-order valence-electron chi connectivity index (χ1n) is 5.00. The summed E-state index contributed by atoms with van der Waals surface area (Å²) in [5.74, 6) is -0.639. The zero-order valence-corrected chi connectivity index (χ0v) is 9.53. The lowest BCUT2D eigenvalue weighted by atomic mass is 10.1. The van der Waals surface area contributed by atoms with E-state index < -0.39 is 5.97 Å². The van der Waals surface area contributed by atoms with Crippen LogP contribution in [0.4, 0.5) is 0 Å². The van der Waals surface area contributed by atoms with Crippen LogP contribution in [0.5, 0.6) is 0 Å². The quantitative estimate of drug-likeness (QED) is 0.631. The van der Waals surface area contributed by atoms with Crippen molar-refractivity contribution in [2.75, 3.05) is 13.7 Å². The first kappa shape index (κ1) is 12.7. The van der Waals surface area contributed by atoms with Crippen LogP contribution in [-0.4, -0.2) is 25.5 Å². The van der Waals surface area contributed by atoms with Gasteiger partial charge in [-0.1, -0.05) is 6.58 Å². The van der Waals surface area contributed by atoms with Gasteiger partial charge in [-0.15, -0.1) is 5.73 Å². The Kier molecular flexibility index (Phi) is 4.73. The third-order valence-corrected chi connectivity index (χ3v) is 2.08. The molecular formula is C13H13NO3. The minimum atomic E-state index is -0.424. The number of nitrogens with one attached hydrogen (secondary N) is 1. The summed E-state index contributed by atoms with van der Waals surface area (Å²) in [5.41, 5.74) is 3.45. The fourth-order valence-corrected chi connectivity index (χ4v) is 1.19. The van der Waals surface area contributed by atoms with Crippen molar-refractivity contribution in [3.8, 4) is 0 Å². The maximum atomic E-state index is 11.6. The van der Waals surface area contributed by atoms with Crippen molar-refractivity contribution in [3.63, 3.8) is 0 Å². The van der Waals surface area contributed by atoms with Crippen molar-refractivity contribution in [2.24, 2.45) is 0 Å². The van der Waals surface area contributed by atoms with Gasteiger partial charge in [0.25, 0.3) is 5.91 Å². The molecule has 4 heteroatoms. The van der Waals surface area contributed by atoms with Crippen LogP contribution in [0.25, 0.3) is 0 Å². The summed E-state index contributed by atoms with van der Waals surface area (Å²) < 4.78 is 4.56. The van der Waals surface area contributed by atoms with Crippen LogP contribution >= 0.6 is 0 Å². The van der Waals surface area contributed by atoms with Crippen molar-refractivity contribution >= 4 is 11.9 Å². The van der Waals surface area contributed by atoms with E-state index in [2.05, 4.69) is 22.4 Å². The molecule has 1 N–H and O–H groups in total. The second kappa shape index (κ2) is 6.30. The van der Waals surface area contributed by atoms with Crippen molar-refractivity contribution in [3.05, 3.63) is 53.8 Å². The summed E-state index contributed by atoms with van der Waals surface area (Å²) in [5, 5.41) is 2.65. The molecule has 0 atom stereocenters. The Balaban J connectivity index is 2.70. The third kappa shape index (κ3) is 3.63. The second-order valence-corrected chi connectivity index (χ2v) is 3.19. The summed E-state index contributed by atoms with van der Waals surface area (Å²) in [6.07, 6.45) is 1.61. The van der Waals surface area contributed by atoms with Gasteiger partial charge in [0, 0.05) is 12.1 Å². The maximum absolute atomic E-state index is 11.6. The fraction of sp³-hybridized carbons (Fsp3) is 0.154. The zero-order valence-electron chi connectivity index (χ0n) is 9.53. The molecule has 0 heterocycles. The number of benzene rings is 1. The van der Waals surface area contributed by atoms with Crippen LogP contribution in [0.2, 0.25) is 0 Å². The van der Waals surface area contributed by atoms with E-state index in [1.165, 1.54) is 7.11 Å². The van der Waals surface area contributed by atoms with Gasteiger partial charge in [0.1, 0.15) is 0 Å². The monoisotopic (exact) mass is 231 g/mol. The summed E-state index contributed by atoms with van der Waals surface area (Å²) in [4.78, 5) is 22.7. The van der Waals surface area contributed by atoms with Crippen molar-refractivity contribution in [2.45, 2.75) is 0 Å². The van der Waals surface area contributed by atoms with Crippen molar-refractivity contribution in [1.29, 1.82) is 0 Å². The molecule has 17 heavy (non-hydrogen) atoms. The van der Waals surface area contributed by atoms with Gasteiger partial charge in [-0.05, 0) is 30.3 Å². The zero-order chi connectivity index (χ0) is 12.7. The summed E-state index contributed by atoms with van der Waals surface area (Å²) in [6, 6.07) is 6.23. The molecule has 1 amide bonds. The Bertz CT molecular complexity index is 456. The maximum Gasteiger partial charge on any atom is 0.337 e. The van der Waals surface area contributed by atoms with Crippen LogP contribution in [0.1, 0.15) is 20.7 Å². The van der Waals surface area contributed by atoms with E-state index in [0.717, 1.165) is 0 Å². The minimum Gasteiger partial charge on any atom is -0.465 e. The second-order valence-electron chi connectivity index (χ2n) is 3.19. The Morgan fingerprint density at radius 2 is 1.94 bits per heavy atom. The average molecular weight is 231 g/mol. The molecule has 1 rings (SSSR count). The molecular weight excluding hydrogens is 218 g/mol. The number of hydrogen-bond acceptors (Lipinski definition) is 3. The number of rotatable bonds is 4. The molecule has 4 nitrogen and oxygen atoms in total. The van der Waals surface area contributed by atoms with E-state index in [1.54, 1.807) is 30.3 Å². The van der Waals surface area contributed by atoms with Crippen LogP contribution in [0.3, 0.4) is 0 Å². The lowest BCUT2D eigenvalue weighted by Crippen LogP contribution is -2.23. The normalized spacial score (nSPS) is 9.00. The van der Waals surface area contributed by atoms with Gasteiger partial charge in [-0.2, -0.15) is 0 Å². The SMILES string of the molecule is C=C=CCNC(=O)c1ccc(C(=O)OC)cc1. The first-order chi connectivity index (χ1) is 8.19. The number of methoxy groups -OCH3 is 1. The number of carbonyl (C=O) groups excluding carboxylic acids is 2. The number of amides is 1. The predicted octanol–water partition coefficient (Wildman–Crippen LogP) is 1.54. The highest BCUT2D eigenvalue weighted by molar-refractivity contribution is 5.96. The Labute approximate surface area is 99.6 Å². The molecule has 0 aliphatic carbocycles. The van der Waals surface area contributed by atoms with E-state index in [0.29, 0.717) is 17.7 Å². The van der Waals surface area contributed by atoms with Crippen LogP contribution in [0, 0.1) is 0 Å². The van der Waals surface area contributed by atoms with Crippen LogP contribution in [-0.2, 0) is 4.74 Å². The standard InChI is InChI=1S/C13H13NO3/c1-3-4-9-14-12(15)10-5-7-11(8-6-10)13(16)17-2/h4-8H,1,9H2,2H3,(H,14,15). The van der Waals surface area contributed by atoms with Gasteiger partial charge in [0.2, 0.25) is 0 Å². The van der Waals surface area contributed by atoms with Gasteiger partial charge >= 0.3 is 5.97 Å². The predicted molar refractivity (Wildman–Crippen MR) is 63.8 cm³/mol. The molecule has 0 aliphatic rings. The smallest absolute Gasteiger partial charge is 0.337 e. The van der Waals surface area contributed by atoms with Gasteiger partial charge in [0.15, 0.2) is 0 Å². The van der Waals surface area contributed by atoms with Crippen LogP contribution < -0.4 is 5.32 Å². The molecule has 0 fully saturated rings. The van der Waals surface area contributed by atoms with Gasteiger partial charge < -0.3 is 10.1 Å². The topological polar surface area (TPSA) is 55.4 Å². The first-order valence-corrected chi connectivity index (χ1v) is 5.00. The van der Waals surface area contributed by atoms with E-state index in [4.69, 9.17) is 0 Å². The molecule has 1 aromatic rings. The molecule has 1 aromatic carbocycles.